The van der Waals surface area contributed by atoms with Crippen molar-refractivity contribution in [2.75, 3.05) is 0 Å². The molecule has 1 amide bonds. The van der Waals surface area contributed by atoms with Crippen LogP contribution in [-0.2, 0) is 6.54 Å². The molecule has 0 aliphatic carbocycles. The maximum Gasteiger partial charge on any atom is 0.288 e. The Kier molecular flexibility index (Phi) is 1.48. The molecule has 1 aromatic rings. The molecule has 0 aromatic carbocycles. The van der Waals surface area contributed by atoms with E-state index in [0.717, 1.165) is 6.20 Å². The maximum absolute atomic E-state index is 11.1. The van der Waals surface area contributed by atoms with E-state index in [-0.39, 0.29) is 11.6 Å². The fraction of sp³-hybridized carbons (Fsp3) is 0.143. The molecule has 0 fully saturated rings. The molecule has 0 saturated heterocycles. The van der Waals surface area contributed by atoms with Crippen molar-refractivity contribution in [3.63, 3.8) is 0 Å². The molecule has 6 heteroatoms. The third-order valence-corrected chi connectivity index (χ3v) is 1.83. The molecule has 0 spiro atoms. The number of rotatable bonds is 1. The fourth-order valence-corrected chi connectivity index (χ4v) is 1.18. The molecule has 0 bridgehead atoms. The monoisotopic (exact) mass is 179 g/mol. The van der Waals surface area contributed by atoms with Crippen molar-refractivity contribution in [2.24, 2.45) is 0 Å². The van der Waals surface area contributed by atoms with Gasteiger partial charge in [-0.15, -0.1) is 0 Å². The largest absolute Gasteiger partial charge is 0.346 e. The quantitative estimate of drug-likeness (QED) is 0.494. The summed E-state index contributed by atoms with van der Waals surface area (Å²) in [5, 5.41) is 12.9. The highest BCUT2D eigenvalue weighted by Gasteiger charge is 2.22. The van der Waals surface area contributed by atoms with Gasteiger partial charge in [0.1, 0.15) is 6.20 Å². The third kappa shape index (κ3) is 1.12. The molecule has 1 aliphatic rings. The van der Waals surface area contributed by atoms with Gasteiger partial charge in [0, 0.05) is 6.07 Å². The molecular weight excluding hydrogens is 174 g/mol. The van der Waals surface area contributed by atoms with Crippen LogP contribution < -0.4 is 5.32 Å². The van der Waals surface area contributed by atoms with Crippen molar-refractivity contribution in [1.29, 1.82) is 0 Å². The molecular formula is C7H5N3O3. The Hall–Kier alpha value is -1.98. The van der Waals surface area contributed by atoms with E-state index in [1.807, 2.05) is 0 Å². The average molecular weight is 179 g/mol. The third-order valence-electron chi connectivity index (χ3n) is 1.83. The minimum Gasteiger partial charge on any atom is -0.346 e. The van der Waals surface area contributed by atoms with E-state index in [0.29, 0.717) is 17.8 Å². The van der Waals surface area contributed by atoms with Crippen molar-refractivity contribution in [2.45, 2.75) is 6.54 Å². The Balaban J connectivity index is 2.54. The summed E-state index contributed by atoms with van der Waals surface area (Å²) in [5.74, 6) is -0.300. The Morgan fingerprint density at radius 3 is 3.08 bits per heavy atom. The lowest BCUT2D eigenvalue weighted by Crippen LogP contribution is -2.12. The predicted octanol–water partition coefficient (Wildman–Crippen LogP) is 0.233. The van der Waals surface area contributed by atoms with Crippen LogP contribution in [0.15, 0.2) is 12.3 Å². The van der Waals surface area contributed by atoms with Gasteiger partial charge in [0.2, 0.25) is 0 Å². The second-order valence-electron chi connectivity index (χ2n) is 2.63. The van der Waals surface area contributed by atoms with E-state index in [2.05, 4.69) is 10.3 Å². The molecule has 2 rings (SSSR count). The van der Waals surface area contributed by atoms with E-state index in [1.54, 1.807) is 0 Å². The van der Waals surface area contributed by atoms with E-state index >= 15 is 0 Å². The summed E-state index contributed by atoms with van der Waals surface area (Å²) in [6, 6.07) is 1.24. The smallest absolute Gasteiger partial charge is 0.288 e. The summed E-state index contributed by atoms with van der Waals surface area (Å²) in [4.78, 5) is 24.6. The number of nitrogens with zero attached hydrogens (tertiary/aromatic N) is 2. The van der Waals surface area contributed by atoms with Gasteiger partial charge < -0.3 is 5.32 Å². The number of hydrogen-bond donors (Lipinski definition) is 1. The number of carbonyl (C=O) groups excluding carboxylic acids is 1. The van der Waals surface area contributed by atoms with Gasteiger partial charge in [-0.2, -0.15) is 0 Å². The predicted molar refractivity (Wildman–Crippen MR) is 42.1 cm³/mol. The van der Waals surface area contributed by atoms with Crippen LogP contribution >= 0.6 is 0 Å². The first-order valence-electron chi connectivity index (χ1n) is 3.60. The summed E-state index contributed by atoms with van der Waals surface area (Å²) >= 11 is 0. The van der Waals surface area contributed by atoms with Gasteiger partial charge in [0.15, 0.2) is 0 Å². The van der Waals surface area contributed by atoms with E-state index in [9.17, 15) is 14.9 Å². The van der Waals surface area contributed by atoms with Gasteiger partial charge in [0.25, 0.3) is 11.6 Å². The highest BCUT2D eigenvalue weighted by atomic mass is 16.6. The highest BCUT2D eigenvalue weighted by Crippen LogP contribution is 2.18. The second kappa shape index (κ2) is 2.51. The molecule has 6 nitrogen and oxygen atoms in total. The number of fused-ring (bicyclic) bond motifs is 1. The topological polar surface area (TPSA) is 85.1 Å². The summed E-state index contributed by atoms with van der Waals surface area (Å²) in [5.41, 5.74) is 0.709. The van der Waals surface area contributed by atoms with E-state index in [4.69, 9.17) is 0 Å². The number of carbonyl (C=O) groups is 1. The van der Waals surface area contributed by atoms with Gasteiger partial charge in [-0.05, 0) is 0 Å². The van der Waals surface area contributed by atoms with Crippen molar-refractivity contribution >= 4 is 11.6 Å². The van der Waals surface area contributed by atoms with Crippen LogP contribution in [0.2, 0.25) is 0 Å². The standard InChI is InChI=1S/C7H5N3O3/c11-7-5-1-4(10(12)13)2-8-6(5)3-9-7/h1-2H,3H2,(H,9,11). The first kappa shape index (κ1) is 7.66. The SMILES string of the molecule is O=C1NCc2ncc([N+](=O)[O-])cc21. The Morgan fingerprint density at radius 1 is 1.62 bits per heavy atom. The number of nitro groups is 1. The highest BCUT2D eigenvalue weighted by molar-refractivity contribution is 5.98. The van der Waals surface area contributed by atoms with Gasteiger partial charge >= 0.3 is 0 Å². The van der Waals surface area contributed by atoms with Crippen LogP contribution in [-0.4, -0.2) is 15.8 Å². The molecule has 1 aromatic heterocycles. The van der Waals surface area contributed by atoms with Crippen LogP contribution in [0.5, 0.6) is 0 Å². The fourth-order valence-electron chi connectivity index (χ4n) is 1.18. The summed E-state index contributed by atoms with van der Waals surface area (Å²) in [7, 11) is 0. The van der Waals surface area contributed by atoms with Crippen LogP contribution in [0.25, 0.3) is 0 Å². The van der Waals surface area contributed by atoms with E-state index < -0.39 is 4.92 Å². The van der Waals surface area contributed by atoms with E-state index in [1.165, 1.54) is 6.07 Å². The van der Waals surface area contributed by atoms with Gasteiger partial charge in [-0.3, -0.25) is 19.9 Å². The normalized spacial score (nSPS) is 13.7. The van der Waals surface area contributed by atoms with Crippen LogP contribution in [0.4, 0.5) is 5.69 Å². The molecule has 0 unspecified atom stereocenters. The first-order valence-corrected chi connectivity index (χ1v) is 3.60. The molecule has 2 heterocycles. The van der Waals surface area contributed by atoms with Crippen molar-refractivity contribution < 1.29 is 9.72 Å². The van der Waals surface area contributed by atoms with Crippen LogP contribution in [0.1, 0.15) is 16.1 Å². The molecule has 1 N–H and O–H groups in total. The van der Waals surface area contributed by atoms with Gasteiger partial charge in [0.05, 0.1) is 22.7 Å². The number of aromatic nitrogens is 1. The van der Waals surface area contributed by atoms with Crippen molar-refractivity contribution in [1.82, 2.24) is 10.3 Å². The van der Waals surface area contributed by atoms with Gasteiger partial charge in [-0.25, -0.2) is 0 Å². The molecule has 13 heavy (non-hydrogen) atoms. The minimum atomic E-state index is -0.571. The Morgan fingerprint density at radius 2 is 2.38 bits per heavy atom. The molecule has 1 aliphatic heterocycles. The van der Waals surface area contributed by atoms with Crippen LogP contribution in [0.3, 0.4) is 0 Å². The molecule has 0 atom stereocenters. The Bertz CT molecular complexity index is 402. The lowest BCUT2D eigenvalue weighted by Gasteiger charge is -1.93. The molecule has 66 valence electrons. The first-order chi connectivity index (χ1) is 6.18. The minimum absolute atomic E-state index is 0.157. The lowest BCUT2D eigenvalue weighted by molar-refractivity contribution is -0.385. The number of nitrogens with one attached hydrogen (secondary N) is 1. The summed E-state index contributed by atoms with van der Waals surface area (Å²) < 4.78 is 0. The number of pyridine rings is 1. The zero-order chi connectivity index (χ0) is 9.42. The molecule has 0 saturated carbocycles. The zero-order valence-electron chi connectivity index (χ0n) is 6.48. The average Bonchev–Trinajstić information content (AvgIpc) is 2.47. The number of amides is 1. The van der Waals surface area contributed by atoms with Crippen molar-refractivity contribution in [3.05, 3.63) is 33.6 Å². The zero-order valence-corrected chi connectivity index (χ0v) is 6.48. The Labute approximate surface area is 72.7 Å². The van der Waals surface area contributed by atoms with Crippen molar-refractivity contribution in [3.8, 4) is 0 Å². The second-order valence-corrected chi connectivity index (χ2v) is 2.63. The summed E-state index contributed by atoms with van der Waals surface area (Å²) in [6.45, 7) is 0.353. The van der Waals surface area contributed by atoms with Gasteiger partial charge in [-0.1, -0.05) is 0 Å². The number of hydrogen-bond acceptors (Lipinski definition) is 4. The lowest BCUT2D eigenvalue weighted by atomic mass is 10.2. The van der Waals surface area contributed by atoms with Crippen LogP contribution in [0, 0.1) is 10.1 Å². The summed E-state index contributed by atoms with van der Waals surface area (Å²) in [6.07, 6.45) is 1.15. The molecule has 0 radical (unpaired) electrons. The maximum atomic E-state index is 11.1.